The number of pyridine rings is 1. The predicted molar refractivity (Wildman–Crippen MR) is 103 cm³/mol. The van der Waals surface area contributed by atoms with Crippen molar-refractivity contribution in [3.05, 3.63) is 94.9 Å². The Kier molecular flexibility index (Phi) is 4.83. The molecule has 2 aromatic carbocycles. The zero-order valence-electron chi connectivity index (χ0n) is 14.4. The van der Waals surface area contributed by atoms with E-state index in [-0.39, 0.29) is 17.1 Å². The fourth-order valence-corrected chi connectivity index (χ4v) is 3.91. The van der Waals surface area contributed by atoms with Gasteiger partial charge in [-0.15, -0.1) is 11.3 Å². The summed E-state index contributed by atoms with van der Waals surface area (Å²) in [7, 11) is 0. The van der Waals surface area contributed by atoms with Crippen LogP contribution in [0.2, 0.25) is 0 Å². The maximum atomic E-state index is 14.4. The van der Waals surface area contributed by atoms with Crippen LogP contribution >= 0.6 is 11.3 Å². The van der Waals surface area contributed by atoms with E-state index in [1.54, 1.807) is 36.5 Å². The molecule has 0 N–H and O–H groups in total. The van der Waals surface area contributed by atoms with Gasteiger partial charge in [-0.25, -0.2) is 13.2 Å². The third-order valence-corrected chi connectivity index (χ3v) is 5.30. The average molecular weight is 398 g/mol. The van der Waals surface area contributed by atoms with Gasteiger partial charge in [0, 0.05) is 22.3 Å². The standard InChI is InChI=1S/C21H13F3N2OS/c22-13-7-8-18(17(24)10-13)26(12-14-4-1-2-9-25-14)21(27)20-11-15-16(23)5-3-6-19(15)28-20/h1-11H,12H2. The Morgan fingerprint density at radius 1 is 0.964 bits per heavy atom. The molecule has 0 spiro atoms. The van der Waals surface area contributed by atoms with Gasteiger partial charge in [0.25, 0.3) is 5.91 Å². The molecule has 0 radical (unpaired) electrons. The van der Waals surface area contributed by atoms with Crippen molar-refractivity contribution in [3.63, 3.8) is 0 Å². The smallest absolute Gasteiger partial charge is 0.268 e. The molecule has 0 fully saturated rings. The topological polar surface area (TPSA) is 33.2 Å². The van der Waals surface area contributed by atoms with Crippen molar-refractivity contribution in [3.8, 4) is 0 Å². The molecule has 0 atom stereocenters. The van der Waals surface area contributed by atoms with E-state index < -0.39 is 23.4 Å². The van der Waals surface area contributed by atoms with Gasteiger partial charge in [-0.05, 0) is 42.5 Å². The number of carbonyl (C=O) groups is 1. The van der Waals surface area contributed by atoms with Gasteiger partial charge in [-0.1, -0.05) is 12.1 Å². The fourth-order valence-electron chi connectivity index (χ4n) is 2.88. The molecule has 2 heterocycles. The number of amides is 1. The highest BCUT2D eigenvalue weighted by Gasteiger charge is 2.24. The van der Waals surface area contributed by atoms with Crippen LogP contribution in [-0.2, 0) is 6.54 Å². The number of benzene rings is 2. The molecule has 0 unspecified atom stereocenters. The van der Waals surface area contributed by atoms with Crippen LogP contribution in [0.3, 0.4) is 0 Å². The van der Waals surface area contributed by atoms with E-state index in [1.807, 2.05) is 0 Å². The van der Waals surface area contributed by atoms with E-state index >= 15 is 0 Å². The lowest BCUT2D eigenvalue weighted by Crippen LogP contribution is -2.31. The number of hydrogen-bond donors (Lipinski definition) is 0. The number of aromatic nitrogens is 1. The third kappa shape index (κ3) is 3.48. The normalized spacial score (nSPS) is 11.0. The van der Waals surface area contributed by atoms with Crippen LogP contribution in [0.5, 0.6) is 0 Å². The zero-order valence-corrected chi connectivity index (χ0v) is 15.2. The Balaban J connectivity index is 1.79. The maximum absolute atomic E-state index is 14.4. The molecule has 140 valence electrons. The van der Waals surface area contributed by atoms with Gasteiger partial charge in [0.15, 0.2) is 0 Å². The van der Waals surface area contributed by atoms with E-state index in [1.165, 1.54) is 23.1 Å². The second-order valence-corrected chi connectivity index (χ2v) is 7.15. The van der Waals surface area contributed by atoms with Crippen molar-refractivity contribution in [2.45, 2.75) is 6.54 Å². The van der Waals surface area contributed by atoms with Crippen LogP contribution in [-0.4, -0.2) is 10.9 Å². The van der Waals surface area contributed by atoms with Crippen LogP contribution in [0, 0.1) is 17.5 Å². The number of halogens is 3. The molecule has 2 aromatic heterocycles. The second kappa shape index (κ2) is 7.44. The van der Waals surface area contributed by atoms with E-state index in [0.29, 0.717) is 15.8 Å². The van der Waals surface area contributed by atoms with Gasteiger partial charge in [0.2, 0.25) is 0 Å². The molecule has 4 rings (SSSR count). The molecule has 1 amide bonds. The Labute approximate surface area is 162 Å². The maximum Gasteiger partial charge on any atom is 0.268 e. The summed E-state index contributed by atoms with van der Waals surface area (Å²) in [4.78, 5) is 18.8. The minimum Gasteiger partial charge on any atom is -0.299 e. The molecule has 0 saturated heterocycles. The van der Waals surface area contributed by atoms with Crippen LogP contribution in [0.15, 0.2) is 66.9 Å². The largest absolute Gasteiger partial charge is 0.299 e. The highest BCUT2D eigenvalue weighted by atomic mass is 32.1. The molecule has 4 aromatic rings. The number of rotatable bonds is 4. The van der Waals surface area contributed by atoms with Gasteiger partial charge in [-0.3, -0.25) is 14.7 Å². The Morgan fingerprint density at radius 2 is 1.82 bits per heavy atom. The van der Waals surface area contributed by atoms with Gasteiger partial charge in [-0.2, -0.15) is 0 Å². The van der Waals surface area contributed by atoms with Crippen molar-refractivity contribution in [2.24, 2.45) is 0 Å². The monoisotopic (exact) mass is 398 g/mol. The highest BCUT2D eigenvalue weighted by Crippen LogP contribution is 2.31. The van der Waals surface area contributed by atoms with Crippen molar-refractivity contribution in [1.82, 2.24) is 4.98 Å². The zero-order chi connectivity index (χ0) is 19.7. The van der Waals surface area contributed by atoms with Crippen LogP contribution in [0.25, 0.3) is 10.1 Å². The van der Waals surface area contributed by atoms with Crippen molar-refractivity contribution in [2.75, 3.05) is 4.90 Å². The lowest BCUT2D eigenvalue weighted by molar-refractivity contribution is 0.0988. The summed E-state index contributed by atoms with van der Waals surface area (Å²) < 4.78 is 42.4. The number of anilines is 1. The van der Waals surface area contributed by atoms with Crippen LogP contribution in [0.1, 0.15) is 15.4 Å². The first-order chi connectivity index (χ1) is 13.5. The summed E-state index contributed by atoms with van der Waals surface area (Å²) in [6.45, 7) is -0.0149. The summed E-state index contributed by atoms with van der Waals surface area (Å²) in [5.74, 6) is -2.55. The van der Waals surface area contributed by atoms with Crippen LogP contribution in [0.4, 0.5) is 18.9 Å². The molecule has 0 bridgehead atoms. The number of nitrogens with zero attached hydrogens (tertiary/aromatic N) is 2. The minimum atomic E-state index is -0.864. The fraction of sp³-hybridized carbons (Fsp3) is 0.0476. The van der Waals surface area contributed by atoms with E-state index in [9.17, 15) is 18.0 Å². The first-order valence-electron chi connectivity index (χ1n) is 8.38. The summed E-state index contributed by atoms with van der Waals surface area (Å²) in [5.41, 5.74) is 0.460. The quantitative estimate of drug-likeness (QED) is 0.451. The van der Waals surface area contributed by atoms with Gasteiger partial charge < -0.3 is 0 Å². The van der Waals surface area contributed by atoms with Crippen molar-refractivity contribution >= 4 is 33.0 Å². The molecule has 0 saturated carbocycles. The number of hydrogen-bond acceptors (Lipinski definition) is 3. The minimum absolute atomic E-state index is 0.0149. The van der Waals surface area contributed by atoms with E-state index in [2.05, 4.69) is 4.98 Å². The average Bonchev–Trinajstić information content (AvgIpc) is 3.13. The number of fused-ring (bicyclic) bond motifs is 1. The molecule has 0 aliphatic carbocycles. The van der Waals surface area contributed by atoms with Crippen molar-refractivity contribution in [1.29, 1.82) is 0 Å². The lowest BCUT2D eigenvalue weighted by atomic mass is 10.2. The summed E-state index contributed by atoms with van der Waals surface area (Å²) in [6.07, 6.45) is 1.56. The number of carbonyl (C=O) groups excluding carboxylic acids is 1. The summed E-state index contributed by atoms with van der Waals surface area (Å²) >= 11 is 1.11. The van der Waals surface area contributed by atoms with Gasteiger partial charge in [0.05, 0.1) is 22.8 Å². The number of thiophene rings is 1. The van der Waals surface area contributed by atoms with E-state index in [0.717, 1.165) is 23.5 Å². The molecule has 0 aliphatic heterocycles. The molecule has 0 aliphatic rings. The highest BCUT2D eigenvalue weighted by molar-refractivity contribution is 7.20. The molecular weight excluding hydrogens is 385 g/mol. The Bertz CT molecular complexity index is 1160. The third-order valence-electron chi connectivity index (χ3n) is 4.21. The van der Waals surface area contributed by atoms with E-state index in [4.69, 9.17) is 0 Å². The summed E-state index contributed by atoms with van der Waals surface area (Å²) in [5, 5.41) is 0.327. The summed E-state index contributed by atoms with van der Waals surface area (Å²) in [6, 6.07) is 14.2. The van der Waals surface area contributed by atoms with Crippen molar-refractivity contribution < 1.29 is 18.0 Å². The van der Waals surface area contributed by atoms with Crippen LogP contribution < -0.4 is 4.90 Å². The molecule has 28 heavy (non-hydrogen) atoms. The first kappa shape index (κ1) is 18.2. The molecule has 3 nitrogen and oxygen atoms in total. The second-order valence-electron chi connectivity index (χ2n) is 6.07. The lowest BCUT2D eigenvalue weighted by Gasteiger charge is -2.22. The van der Waals surface area contributed by atoms with Gasteiger partial charge >= 0.3 is 0 Å². The Morgan fingerprint density at radius 3 is 2.54 bits per heavy atom. The Hall–Kier alpha value is -3.19. The van der Waals surface area contributed by atoms with Gasteiger partial charge in [0.1, 0.15) is 17.5 Å². The molecule has 7 heteroatoms. The first-order valence-corrected chi connectivity index (χ1v) is 9.19. The SMILES string of the molecule is O=C(c1cc2c(F)cccc2s1)N(Cc1ccccn1)c1ccc(F)cc1F. The molecular formula is C21H13F3N2OS. The predicted octanol–water partition coefficient (Wildman–Crippen LogP) is 5.56.